The number of anilines is 2. The molecule has 5 rings (SSSR count). The minimum Gasteiger partial charge on any atom is -0.497 e. The van der Waals surface area contributed by atoms with E-state index in [-0.39, 0.29) is 5.91 Å². The van der Waals surface area contributed by atoms with Crippen LogP contribution in [0.25, 0.3) is 11.0 Å². The number of fused-ring (bicyclic) bond motifs is 1. The smallest absolute Gasteiger partial charge is 0.274 e. The second kappa shape index (κ2) is 12.3. The van der Waals surface area contributed by atoms with Crippen LogP contribution in [-0.2, 0) is 0 Å². The number of carbonyl (C=O) groups is 1. The molecule has 204 valence electrons. The molecule has 0 spiro atoms. The zero-order chi connectivity index (χ0) is 27.9. The van der Waals surface area contributed by atoms with Gasteiger partial charge < -0.3 is 24.0 Å². The van der Waals surface area contributed by atoms with Crippen LogP contribution in [0.1, 0.15) is 35.4 Å². The zero-order valence-corrected chi connectivity index (χ0v) is 22.9. The maximum atomic E-state index is 13.1. The summed E-state index contributed by atoms with van der Waals surface area (Å²) < 4.78 is 16.4. The Morgan fingerprint density at radius 2 is 1.68 bits per heavy atom. The summed E-state index contributed by atoms with van der Waals surface area (Å²) in [4.78, 5) is 30.6. The Bertz CT molecular complexity index is 1550. The average molecular weight is 538 g/mol. The number of hydrogen-bond acceptors (Lipinski definition) is 8. The van der Waals surface area contributed by atoms with Crippen LogP contribution >= 0.6 is 0 Å². The molecule has 9 nitrogen and oxygen atoms in total. The molecule has 0 unspecified atom stereocenters. The number of hydrogen-bond donors (Lipinski definition) is 0. The molecule has 0 aliphatic carbocycles. The van der Waals surface area contributed by atoms with E-state index in [0.29, 0.717) is 46.2 Å². The molecule has 9 heteroatoms. The van der Waals surface area contributed by atoms with E-state index in [2.05, 4.69) is 21.8 Å². The van der Waals surface area contributed by atoms with Crippen molar-refractivity contribution in [3.05, 3.63) is 72.3 Å². The molecule has 40 heavy (non-hydrogen) atoms. The lowest BCUT2D eigenvalue weighted by Gasteiger charge is -2.26. The Kier molecular flexibility index (Phi) is 8.26. The molecule has 0 N–H and O–H groups in total. The standard InChI is InChI=1S/C31H31N5O4/c1-38-24-17-23(18-25(20-24)39-2)36(16-8-9-27-30(40-3)10-7-13-32-27)22-11-12-26-28(19-22)34-29(21-33-26)31(37)35-14-5-4-6-15-35/h7,10-13,17-21H,4-6,14-16H2,1-3H3. The van der Waals surface area contributed by atoms with Crippen LogP contribution in [0.15, 0.2) is 60.9 Å². The van der Waals surface area contributed by atoms with Gasteiger partial charge in [0.2, 0.25) is 0 Å². The summed E-state index contributed by atoms with van der Waals surface area (Å²) in [6, 6.07) is 15.0. The largest absolute Gasteiger partial charge is 0.497 e. The number of benzene rings is 2. The number of carbonyl (C=O) groups excluding carboxylic acids is 1. The van der Waals surface area contributed by atoms with Crippen LogP contribution in [0.5, 0.6) is 17.2 Å². The van der Waals surface area contributed by atoms with Gasteiger partial charge in [-0.15, -0.1) is 0 Å². The number of amides is 1. The van der Waals surface area contributed by atoms with Gasteiger partial charge in [-0.1, -0.05) is 5.92 Å². The van der Waals surface area contributed by atoms with E-state index in [1.807, 2.05) is 52.3 Å². The highest BCUT2D eigenvalue weighted by Crippen LogP contribution is 2.33. The van der Waals surface area contributed by atoms with Crippen molar-refractivity contribution in [2.45, 2.75) is 19.3 Å². The number of nitrogens with zero attached hydrogens (tertiary/aromatic N) is 5. The van der Waals surface area contributed by atoms with Gasteiger partial charge in [0, 0.05) is 48.9 Å². The number of aromatic nitrogens is 3. The molecule has 0 saturated carbocycles. The maximum Gasteiger partial charge on any atom is 0.274 e. The third kappa shape index (κ3) is 5.91. The fourth-order valence-electron chi connectivity index (χ4n) is 4.66. The van der Waals surface area contributed by atoms with Gasteiger partial charge in [0.15, 0.2) is 11.4 Å². The van der Waals surface area contributed by atoms with Crippen molar-refractivity contribution < 1.29 is 19.0 Å². The molecule has 0 atom stereocenters. The Hall–Kier alpha value is -4.84. The lowest BCUT2D eigenvalue weighted by atomic mass is 10.1. The van der Waals surface area contributed by atoms with Crippen molar-refractivity contribution in [2.24, 2.45) is 0 Å². The van der Waals surface area contributed by atoms with Crippen LogP contribution in [0, 0.1) is 11.8 Å². The summed E-state index contributed by atoms with van der Waals surface area (Å²) in [5.74, 6) is 8.17. The van der Waals surface area contributed by atoms with Gasteiger partial charge in [0.05, 0.1) is 45.1 Å². The minimum absolute atomic E-state index is 0.0796. The topological polar surface area (TPSA) is 89.9 Å². The average Bonchev–Trinajstić information content (AvgIpc) is 3.02. The molecule has 4 aromatic rings. The van der Waals surface area contributed by atoms with Crippen molar-refractivity contribution in [3.8, 4) is 29.1 Å². The number of piperidine rings is 1. The molecular weight excluding hydrogens is 506 g/mol. The highest BCUT2D eigenvalue weighted by atomic mass is 16.5. The number of rotatable bonds is 7. The summed E-state index contributed by atoms with van der Waals surface area (Å²) in [5.41, 5.74) is 3.86. The molecule has 1 aliphatic heterocycles. The molecule has 0 bridgehead atoms. The van der Waals surface area contributed by atoms with E-state index in [1.165, 1.54) is 0 Å². The second-order valence-corrected chi connectivity index (χ2v) is 9.29. The Morgan fingerprint density at radius 3 is 2.40 bits per heavy atom. The van der Waals surface area contributed by atoms with Gasteiger partial charge in [-0.25, -0.2) is 9.97 Å². The molecule has 2 aromatic carbocycles. The fraction of sp³-hybridized carbons (Fsp3) is 0.290. The van der Waals surface area contributed by atoms with Gasteiger partial charge in [-0.3, -0.25) is 9.78 Å². The highest BCUT2D eigenvalue weighted by Gasteiger charge is 2.20. The lowest BCUT2D eigenvalue weighted by Crippen LogP contribution is -2.36. The predicted octanol–water partition coefficient (Wildman–Crippen LogP) is 4.87. The first-order chi connectivity index (χ1) is 19.6. The third-order valence-corrected chi connectivity index (χ3v) is 6.78. The van der Waals surface area contributed by atoms with Gasteiger partial charge in [-0.2, -0.15) is 0 Å². The molecule has 3 heterocycles. The van der Waals surface area contributed by atoms with Crippen LogP contribution in [0.2, 0.25) is 0 Å². The number of ether oxygens (including phenoxy) is 3. The monoisotopic (exact) mass is 537 g/mol. The first-order valence-corrected chi connectivity index (χ1v) is 13.1. The van der Waals surface area contributed by atoms with Crippen molar-refractivity contribution in [3.63, 3.8) is 0 Å². The number of methoxy groups -OCH3 is 3. The van der Waals surface area contributed by atoms with E-state index < -0.39 is 0 Å². The van der Waals surface area contributed by atoms with Crippen molar-refractivity contribution >= 4 is 28.3 Å². The van der Waals surface area contributed by atoms with Gasteiger partial charge in [0.25, 0.3) is 5.91 Å². The van der Waals surface area contributed by atoms with Crippen LogP contribution in [0.4, 0.5) is 11.4 Å². The van der Waals surface area contributed by atoms with E-state index in [4.69, 9.17) is 19.2 Å². The molecule has 0 radical (unpaired) electrons. The summed E-state index contributed by atoms with van der Waals surface area (Å²) in [6.07, 6.45) is 6.43. The van der Waals surface area contributed by atoms with Gasteiger partial charge >= 0.3 is 0 Å². The lowest BCUT2D eigenvalue weighted by molar-refractivity contribution is 0.0718. The summed E-state index contributed by atoms with van der Waals surface area (Å²) in [7, 11) is 4.82. The normalized spacial score (nSPS) is 12.8. The van der Waals surface area contributed by atoms with Crippen molar-refractivity contribution in [1.82, 2.24) is 19.9 Å². The van der Waals surface area contributed by atoms with E-state index >= 15 is 0 Å². The zero-order valence-electron chi connectivity index (χ0n) is 22.9. The molecule has 1 fully saturated rings. The molecule has 2 aromatic heterocycles. The van der Waals surface area contributed by atoms with E-state index in [1.54, 1.807) is 39.8 Å². The van der Waals surface area contributed by atoms with Crippen LogP contribution in [0.3, 0.4) is 0 Å². The maximum absolute atomic E-state index is 13.1. The second-order valence-electron chi connectivity index (χ2n) is 9.29. The summed E-state index contributed by atoms with van der Waals surface area (Å²) in [5, 5.41) is 0. The fourth-order valence-corrected chi connectivity index (χ4v) is 4.66. The van der Waals surface area contributed by atoms with Crippen LogP contribution in [-0.4, -0.2) is 66.7 Å². The molecule has 1 aliphatic rings. The quantitative estimate of drug-likeness (QED) is 0.309. The SMILES string of the molecule is COc1cc(OC)cc(N(CC#Cc2ncccc2OC)c2ccc3ncc(C(=O)N4CCCCC4)nc3c2)c1. The Morgan fingerprint density at radius 1 is 0.900 bits per heavy atom. The third-order valence-electron chi connectivity index (χ3n) is 6.78. The first-order valence-electron chi connectivity index (χ1n) is 13.1. The van der Waals surface area contributed by atoms with Crippen molar-refractivity contribution in [1.29, 1.82) is 0 Å². The Labute approximate surface area is 233 Å². The predicted molar refractivity (Wildman–Crippen MR) is 154 cm³/mol. The van der Waals surface area contributed by atoms with Gasteiger partial charge in [0.1, 0.15) is 17.2 Å². The van der Waals surface area contributed by atoms with Gasteiger partial charge in [-0.05, 0) is 55.5 Å². The van der Waals surface area contributed by atoms with Crippen LogP contribution < -0.4 is 19.1 Å². The van der Waals surface area contributed by atoms with E-state index in [9.17, 15) is 4.79 Å². The minimum atomic E-state index is -0.0796. The number of pyridine rings is 1. The first kappa shape index (κ1) is 26.8. The molecule has 1 saturated heterocycles. The van der Waals surface area contributed by atoms with E-state index in [0.717, 1.165) is 43.7 Å². The molecular formula is C31H31N5O4. The van der Waals surface area contributed by atoms with Crippen molar-refractivity contribution in [2.75, 3.05) is 45.9 Å². The molecule has 1 amide bonds. The number of likely N-dealkylation sites (tertiary alicyclic amines) is 1. The summed E-state index contributed by atoms with van der Waals surface area (Å²) >= 11 is 0. The Balaban J connectivity index is 1.54. The highest BCUT2D eigenvalue weighted by molar-refractivity contribution is 5.94. The summed E-state index contributed by atoms with van der Waals surface area (Å²) in [6.45, 7) is 1.83.